The number of rotatable bonds is 8. The Kier molecular flexibility index (Phi) is 8.53. The maximum absolute atomic E-state index is 14.8. The Morgan fingerprint density at radius 2 is 1.34 bits per heavy atom. The van der Waals surface area contributed by atoms with Crippen LogP contribution in [-0.2, 0) is 11.3 Å². The van der Waals surface area contributed by atoms with E-state index in [-0.39, 0.29) is 42.5 Å². The molecule has 2 fully saturated rings. The Balaban J connectivity index is 1.32. The first-order valence-electron chi connectivity index (χ1n) is 12.7. The molecule has 0 N–H and O–H groups in total. The summed E-state index contributed by atoms with van der Waals surface area (Å²) in [6, 6.07) is 6.39. The second kappa shape index (κ2) is 11.6. The highest BCUT2D eigenvalue weighted by molar-refractivity contribution is 5.33. The first-order chi connectivity index (χ1) is 16.9. The molecule has 0 atom stereocenters. The lowest BCUT2D eigenvalue weighted by molar-refractivity contribution is 0.0116. The minimum Gasteiger partial charge on any atom is -0.486 e. The van der Waals surface area contributed by atoms with E-state index < -0.39 is 23.3 Å². The molecular formula is C29H34F4O2. The van der Waals surface area contributed by atoms with E-state index in [4.69, 9.17) is 9.47 Å². The zero-order valence-electron chi connectivity index (χ0n) is 20.3. The van der Waals surface area contributed by atoms with Crippen molar-refractivity contribution < 1.29 is 27.0 Å². The first-order valence-corrected chi connectivity index (χ1v) is 12.7. The van der Waals surface area contributed by atoms with E-state index in [0.717, 1.165) is 25.7 Å². The molecule has 4 rings (SSSR count). The standard InChI is InChI=1S/C29H34F4O2/c1-3-16-34-25-15-14-24(28(32)29(25)33)20-8-11-22(12-9-20)35-17-21-10-13-23(27(31)26(21)30)19-6-4-18(2)5-7-19/h3,10,13-15,18-20,22H,1,4-9,11-12,16-17H2,2H3. The van der Waals surface area contributed by atoms with Crippen LogP contribution in [0.4, 0.5) is 17.6 Å². The van der Waals surface area contributed by atoms with Gasteiger partial charge in [-0.1, -0.05) is 50.6 Å². The van der Waals surface area contributed by atoms with Gasteiger partial charge in [0.1, 0.15) is 6.61 Å². The molecule has 0 amide bonds. The predicted octanol–water partition coefficient (Wildman–Crippen LogP) is 8.34. The van der Waals surface area contributed by atoms with E-state index in [0.29, 0.717) is 42.7 Å². The summed E-state index contributed by atoms with van der Waals surface area (Å²) in [6.07, 6.45) is 7.76. The maximum atomic E-state index is 14.8. The number of hydrogen-bond acceptors (Lipinski definition) is 2. The van der Waals surface area contributed by atoms with Gasteiger partial charge in [-0.3, -0.25) is 0 Å². The lowest BCUT2D eigenvalue weighted by Crippen LogP contribution is -2.22. The van der Waals surface area contributed by atoms with Gasteiger partial charge in [0.05, 0.1) is 12.7 Å². The van der Waals surface area contributed by atoms with Gasteiger partial charge in [0.25, 0.3) is 0 Å². The number of hydrogen-bond donors (Lipinski definition) is 0. The molecule has 0 aromatic heterocycles. The van der Waals surface area contributed by atoms with Crippen LogP contribution in [-0.4, -0.2) is 12.7 Å². The highest BCUT2D eigenvalue weighted by atomic mass is 19.2. The van der Waals surface area contributed by atoms with E-state index in [1.165, 1.54) is 12.1 Å². The van der Waals surface area contributed by atoms with Crippen LogP contribution in [0.25, 0.3) is 0 Å². The van der Waals surface area contributed by atoms with Gasteiger partial charge < -0.3 is 9.47 Å². The fourth-order valence-corrected chi connectivity index (χ4v) is 5.47. The van der Waals surface area contributed by atoms with E-state index >= 15 is 0 Å². The van der Waals surface area contributed by atoms with Crippen LogP contribution in [0.3, 0.4) is 0 Å². The van der Waals surface area contributed by atoms with Gasteiger partial charge in [-0.25, -0.2) is 13.2 Å². The summed E-state index contributed by atoms with van der Waals surface area (Å²) in [4.78, 5) is 0. The molecule has 0 saturated heterocycles. The van der Waals surface area contributed by atoms with Crippen LogP contribution in [0.15, 0.2) is 36.9 Å². The van der Waals surface area contributed by atoms with Crippen LogP contribution < -0.4 is 4.74 Å². The Labute approximate surface area is 205 Å². The second-order valence-corrected chi connectivity index (χ2v) is 10.1. The minimum absolute atomic E-state index is 0.00159. The molecule has 0 unspecified atom stereocenters. The summed E-state index contributed by atoms with van der Waals surface area (Å²) in [5.41, 5.74) is 1.04. The largest absolute Gasteiger partial charge is 0.486 e. The topological polar surface area (TPSA) is 18.5 Å². The Bertz CT molecular complexity index is 1020. The molecule has 0 radical (unpaired) electrons. The van der Waals surface area contributed by atoms with Crippen molar-refractivity contribution in [2.24, 2.45) is 5.92 Å². The molecule has 2 nitrogen and oxygen atoms in total. The van der Waals surface area contributed by atoms with Crippen molar-refractivity contribution in [1.29, 1.82) is 0 Å². The number of benzene rings is 2. The first kappa shape index (κ1) is 25.7. The zero-order chi connectivity index (χ0) is 24.9. The van der Waals surface area contributed by atoms with Crippen molar-refractivity contribution in [3.63, 3.8) is 0 Å². The molecule has 35 heavy (non-hydrogen) atoms. The third-order valence-electron chi connectivity index (χ3n) is 7.67. The molecule has 0 aliphatic heterocycles. The van der Waals surface area contributed by atoms with E-state index in [1.807, 2.05) is 0 Å². The van der Waals surface area contributed by atoms with Crippen LogP contribution in [0.2, 0.25) is 0 Å². The van der Waals surface area contributed by atoms with E-state index in [9.17, 15) is 17.6 Å². The average molecular weight is 491 g/mol. The van der Waals surface area contributed by atoms with Crippen molar-refractivity contribution in [1.82, 2.24) is 0 Å². The maximum Gasteiger partial charge on any atom is 0.200 e. The monoisotopic (exact) mass is 490 g/mol. The molecule has 2 aliphatic carbocycles. The van der Waals surface area contributed by atoms with E-state index in [2.05, 4.69) is 13.5 Å². The van der Waals surface area contributed by atoms with Gasteiger partial charge >= 0.3 is 0 Å². The van der Waals surface area contributed by atoms with Crippen LogP contribution in [0, 0.1) is 29.2 Å². The lowest BCUT2D eigenvalue weighted by atomic mass is 9.79. The number of halogens is 4. The summed E-state index contributed by atoms with van der Waals surface area (Å²) in [6.45, 7) is 5.80. The van der Waals surface area contributed by atoms with Gasteiger partial charge in [0, 0.05) is 5.56 Å². The highest BCUT2D eigenvalue weighted by Crippen LogP contribution is 2.39. The smallest absolute Gasteiger partial charge is 0.200 e. The summed E-state index contributed by atoms with van der Waals surface area (Å²) < 4.78 is 69.6. The van der Waals surface area contributed by atoms with Crippen LogP contribution >= 0.6 is 0 Å². The molecule has 0 spiro atoms. The fraction of sp³-hybridized carbons (Fsp3) is 0.517. The minimum atomic E-state index is -0.980. The van der Waals surface area contributed by atoms with Gasteiger partial charge in [0.2, 0.25) is 5.82 Å². The molecular weight excluding hydrogens is 456 g/mol. The van der Waals surface area contributed by atoms with Gasteiger partial charge in [-0.2, -0.15) is 4.39 Å². The molecule has 2 aromatic rings. The molecule has 2 aromatic carbocycles. The van der Waals surface area contributed by atoms with Crippen molar-refractivity contribution >= 4 is 0 Å². The molecule has 0 heterocycles. The third kappa shape index (κ3) is 5.91. The highest BCUT2D eigenvalue weighted by Gasteiger charge is 2.28. The zero-order valence-corrected chi connectivity index (χ0v) is 20.3. The van der Waals surface area contributed by atoms with Gasteiger partial charge in [0.15, 0.2) is 23.2 Å². The van der Waals surface area contributed by atoms with Gasteiger partial charge in [-0.15, -0.1) is 0 Å². The van der Waals surface area contributed by atoms with E-state index in [1.54, 1.807) is 18.2 Å². The molecule has 2 aliphatic rings. The molecule has 0 bridgehead atoms. The lowest BCUT2D eigenvalue weighted by Gasteiger charge is -2.29. The summed E-state index contributed by atoms with van der Waals surface area (Å²) in [7, 11) is 0. The Hall–Kier alpha value is -2.34. The summed E-state index contributed by atoms with van der Waals surface area (Å²) in [5.74, 6) is -2.93. The van der Waals surface area contributed by atoms with Crippen molar-refractivity contribution in [3.8, 4) is 5.75 Å². The quantitative estimate of drug-likeness (QED) is 0.273. The molecule has 2 saturated carbocycles. The number of ether oxygens (including phenoxy) is 2. The summed E-state index contributed by atoms with van der Waals surface area (Å²) in [5, 5.41) is 0. The predicted molar refractivity (Wildman–Crippen MR) is 129 cm³/mol. The SMILES string of the molecule is C=CCOc1ccc(C2CCC(OCc3ccc(C4CCC(C)CC4)c(F)c3F)CC2)c(F)c1F. The normalized spacial score (nSPS) is 24.8. The Morgan fingerprint density at radius 3 is 1.97 bits per heavy atom. The van der Waals surface area contributed by atoms with Crippen LogP contribution in [0.1, 0.15) is 86.8 Å². The molecule has 190 valence electrons. The molecule has 6 heteroatoms. The van der Waals surface area contributed by atoms with Crippen molar-refractivity contribution in [2.45, 2.75) is 82.8 Å². The van der Waals surface area contributed by atoms with Crippen molar-refractivity contribution in [2.75, 3.05) is 6.61 Å². The van der Waals surface area contributed by atoms with Crippen LogP contribution in [0.5, 0.6) is 5.75 Å². The van der Waals surface area contributed by atoms with Gasteiger partial charge in [-0.05, 0) is 73.5 Å². The average Bonchev–Trinajstić information content (AvgIpc) is 2.87. The third-order valence-corrected chi connectivity index (χ3v) is 7.67. The Morgan fingerprint density at radius 1 is 0.771 bits per heavy atom. The fourth-order valence-electron chi connectivity index (χ4n) is 5.47. The second-order valence-electron chi connectivity index (χ2n) is 10.1. The van der Waals surface area contributed by atoms with Crippen molar-refractivity contribution in [3.05, 3.63) is 76.9 Å². The summed E-state index contributed by atoms with van der Waals surface area (Å²) >= 11 is 0.